The molecule has 0 saturated carbocycles. The van der Waals surface area contributed by atoms with Crippen LogP contribution in [0, 0.1) is 0 Å². The number of carbonyl (C=O) groups is 2. The summed E-state index contributed by atoms with van der Waals surface area (Å²) in [6.07, 6.45) is 1.79. The standard InChI is InChI=1S/C15H16N4O4S/c16-14(20)13-6-3-11(9-19-13)15(21)18-8-7-10-1-4-12(5-2-10)24(17,22)23/h1-6,9H,7-8H2,(H2,16,20)(H,18,21)(H2,17,22,23). The predicted molar refractivity (Wildman–Crippen MR) is 86.6 cm³/mol. The van der Waals surface area contributed by atoms with Gasteiger partial charge in [0.1, 0.15) is 5.69 Å². The number of nitrogens with two attached hydrogens (primary N) is 2. The third-order valence-corrected chi connectivity index (χ3v) is 4.16. The molecule has 24 heavy (non-hydrogen) atoms. The Labute approximate surface area is 138 Å². The van der Waals surface area contributed by atoms with Gasteiger partial charge in [-0.1, -0.05) is 12.1 Å². The quantitative estimate of drug-likeness (QED) is 0.662. The number of hydrogen-bond donors (Lipinski definition) is 3. The van der Waals surface area contributed by atoms with Crippen molar-refractivity contribution in [1.29, 1.82) is 0 Å². The summed E-state index contributed by atoms with van der Waals surface area (Å²) < 4.78 is 22.3. The molecule has 0 bridgehead atoms. The van der Waals surface area contributed by atoms with Crippen LogP contribution < -0.4 is 16.2 Å². The second-order valence-corrected chi connectivity index (χ2v) is 6.55. The van der Waals surface area contributed by atoms with Gasteiger partial charge in [0.2, 0.25) is 10.0 Å². The number of benzene rings is 1. The van der Waals surface area contributed by atoms with E-state index in [1.54, 1.807) is 12.1 Å². The monoisotopic (exact) mass is 348 g/mol. The molecule has 0 aliphatic heterocycles. The number of rotatable bonds is 6. The Morgan fingerprint density at radius 3 is 2.25 bits per heavy atom. The average molecular weight is 348 g/mol. The molecule has 0 fully saturated rings. The Hall–Kier alpha value is -2.78. The lowest BCUT2D eigenvalue weighted by Crippen LogP contribution is -2.26. The van der Waals surface area contributed by atoms with E-state index in [1.165, 1.54) is 30.5 Å². The zero-order valence-corrected chi connectivity index (χ0v) is 13.4. The molecule has 2 amide bonds. The molecule has 5 N–H and O–H groups in total. The van der Waals surface area contributed by atoms with Gasteiger partial charge in [-0.25, -0.2) is 13.6 Å². The minimum atomic E-state index is -3.71. The molecule has 1 aromatic heterocycles. The summed E-state index contributed by atoms with van der Waals surface area (Å²) in [6.45, 7) is 0.352. The third-order valence-electron chi connectivity index (χ3n) is 3.23. The molecule has 1 aromatic carbocycles. The van der Waals surface area contributed by atoms with Crippen LogP contribution in [-0.2, 0) is 16.4 Å². The molecule has 0 saturated heterocycles. The van der Waals surface area contributed by atoms with Crippen molar-refractivity contribution < 1.29 is 18.0 Å². The van der Waals surface area contributed by atoms with E-state index < -0.39 is 15.9 Å². The van der Waals surface area contributed by atoms with Gasteiger partial charge in [0.05, 0.1) is 10.5 Å². The summed E-state index contributed by atoms with van der Waals surface area (Å²) >= 11 is 0. The van der Waals surface area contributed by atoms with Crippen molar-refractivity contribution in [2.24, 2.45) is 10.9 Å². The van der Waals surface area contributed by atoms with E-state index in [-0.39, 0.29) is 16.5 Å². The summed E-state index contributed by atoms with van der Waals surface area (Å²) in [4.78, 5) is 26.7. The summed E-state index contributed by atoms with van der Waals surface area (Å²) in [5.74, 6) is -0.996. The normalized spacial score (nSPS) is 11.0. The average Bonchev–Trinajstić information content (AvgIpc) is 2.54. The fraction of sp³-hybridized carbons (Fsp3) is 0.133. The van der Waals surface area contributed by atoms with E-state index in [2.05, 4.69) is 10.3 Å². The lowest BCUT2D eigenvalue weighted by molar-refractivity contribution is 0.0950. The molecule has 0 aliphatic rings. The maximum atomic E-state index is 11.9. The number of primary sulfonamides is 1. The first-order valence-electron chi connectivity index (χ1n) is 6.93. The minimum absolute atomic E-state index is 0.0379. The van der Waals surface area contributed by atoms with Gasteiger partial charge in [-0.05, 0) is 36.2 Å². The fourth-order valence-corrected chi connectivity index (χ4v) is 2.46. The van der Waals surface area contributed by atoms with Crippen LogP contribution in [0.2, 0.25) is 0 Å². The largest absolute Gasteiger partial charge is 0.364 e. The van der Waals surface area contributed by atoms with Gasteiger partial charge >= 0.3 is 0 Å². The van der Waals surface area contributed by atoms with Crippen LogP contribution in [0.1, 0.15) is 26.4 Å². The molecule has 2 aromatic rings. The Morgan fingerprint density at radius 2 is 1.75 bits per heavy atom. The van der Waals surface area contributed by atoms with Crippen LogP contribution in [0.15, 0.2) is 47.5 Å². The SMILES string of the molecule is NC(=O)c1ccc(C(=O)NCCc2ccc(S(N)(=O)=O)cc2)cn1. The van der Waals surface area contributed by atoms with E-state index in [0.717, 1.165) is 5.56 Å². The number of sulfonamides is 1. The van der Waals surface area contributed by atoms with Gasteiger partial charge in [0.15, 0.2) is 0 Å². The van der Waals surface area contributed by atoms with Gasteiger partial charge in [0, 0.05) is 12.7 Å². The molecule has 0 spiro atoms. The molecule has 0 aliphatic carbocycles. The highest BCUT2D eigenvalue weighted by Crippen LogP contribution is 2.09. The van der Waals surface area contributed by atoms with Crippen LogP contribution >= 0.6 is 0 Å². The molecular weight excluding hydrogens is 332 g/mol. The number of hydrogen-bond acceptors (Lipinski definition) is 5. The number of carbonyl (C=O) groups excluding carboxylic acids is 2. The van der Waals surface area contributed by atoms with Gasteiger partial charge in [-0.2, -0.15) is 0 Å². The number of nitrogens with zero attached hydrogens (tertiary/aromatic N) is 1. The van der Waals surface area contributed by atoms with Crippen LogP contribution in [0.3, 0.4) is 0 Å². The first-order chi connectivity index (χ1) is 11.3. The Balaban J connectivity index is 1.89. The van der Waals surface area contributed by atoms with Crippen molar-refractivity contribution in [3.05, 3.63) is 59.4 Å². The molecule has 8 nitrogen and oxygen atoms in total. The summed E-state index contributed by atoms with van der Waals surface area (Å²) in [5, 5.41) is 7.72. The summed E-state index contributed by atoms with van der Waals surface area (Å²) in [5.41, 5.74) is 6.32. The van der Waals surface area contributed by atoms with Crippen LogP contribution in [0.4, 0.5) is 0 Å². The lowest BCUT2D eigenvalue weighted by Gasteiger charge is -2.06. The molecule has 2 rings (SSSR count). The molecule has 0 radical (unpaired) electrons. The van der Waals surface area contributed by atoms with E-state index in [1.807, 2.05) is 0 Å². The van der Waals surface area contributed by atoms with Crippen molar-refractivity contribution in [1.82, 2.24) is 10.3 Å². The molecule has 1 heterocycles. The lowest BCUT2D eigenvalue weighted by atomic mass is 10.1. The van der Waals surface area contributed by atoms with Crippen molar-refractivity contribution in [3.63, 3.8) is 0 Å². The number of amides is 2. The highest BCUT2D eigenvalue weighted by Gasteiger charge is 2.09. The van der Waals surface area contributed by atoms with Gasteiger partial charge < -0.3 is 11.1 Å². The first kappa shape index (κ1) is 17.6. The van der Waals surface area contributed by atoms with E-state index in [0.29, 0.717) is 18.5 Å². The molecular formula is C15H16N4O4S. The van der Waals surface area contributed by atoms with Crippen molar-refractivity contribution in [3.8, 4) is 0 Å². The van der Waals surface area contributed by atoms with Crippen molar-refractivity contribution >= 4 is 21.8 Å². The molecule has 9 heteroatoms. The Bertz CT molecular complexity index is 846. The van der Waals surface area contributed by atoms with E-state index in [4.69, 9.17) is 10.9 Å². The second kappa shape index (κ2) is 7.20. The van der Waals surface area contributed by atoms with Crippen molar-refractivity contribution in [2.45, 2.75) is 11.3 Å². The van der Waals surface area contributed by atoms with Gasteiger partial charge in [-0.15, -0.1) is 0 Å². The fourth-order valence-electron chi connectivity index (χ4n) is 1.94. The van der Waals surface area contributed by atoms with Crippen LogP contribution in [0.5, 0.6) is 0 Å². The van der Waals surface area contributed by atoms with E-state index >= 15 is 0 Å². The second-order valence-electron chi connectivity index (χ2n) is 4.99. The van der Waals surface area contributed by atoms with Crippen LogP contribution in [0.25, 0.3) is 0 Å². The molecule has 0 unspecified atom stereocenters. The predicted octanol–water partition coefficient (Wildman–Crippen LogP) is -0.200. The smallest absolute Gasteiger partial charge is 0.267 e. The Morgan fingerprint density at radius 1 is 1.08 bits per heavy atom. The zero-order valence-electron chi connectivity index (χ0n) is 12.6. The third kappa shape index (κ3) is 4.61. The molecule has 126 valence electrons. The highest BCUT2D eigenvalue weighted by molar-refractivity contribution is 7.89. The number of aromatic nitrogens is 1. The maximum absolute atomic E-state index is 11.9. The summed E-state index contributed by atoms with van der Waals surface area (Å²) in [6, 6.07) is 8.94. The highest BCUT2D eigenvalue weighted by atomic mass is 32.2. The van der Waals surface area contributed by atoms with E-state index in [9.17, 15) is 18.0 Å². The summed E-state index contributed by atoms with van der Waals surface area (Å²) in [7, 11) is -3.71. The Kier molecular flexibility index (Phi) is 5.27. The van der Waals surface area contributed by atoms with Crippen molar-refractivity contribution in [2.75, 3.05) is 6.54 Å². The zero-order chi connectivity index (χ0) is 17.7. The van der Waals surface area contributed by atoms with Gasteiger partial charge in [-0.3, -0.25) is 14.6 Å². The van der Waals surface area contributed by atoms with Crippen LogP contribution in [-0.4, -0.2) is 31.8 Å². The first-order valence-corrected chi connectivity index (χ1v) is 8.48. The topological polar surface area (TPSA) is 145 Å². The molecule has 0 atom stereocenters. The number of primary amides is 1. The number of nitrogens with one attached hydrogen (secondary N) is 1. The maximum Gasteiger partial charge on any atom is 0.267 e. The number of pyridine rings is 1. The minimum Gasteiger partial charge on any atom is -0.364 e. The van der Waals surface area contributed by atoms with Gasteiger partial charge in [0.25, 0.3) is 11.8 Å².